The Hall–Kier alpha value is -1.92. The highest BCUT2D eigenvalue weighted by molar-refractivity contribution is 7.80. The second kappa shape index (κ2) is 4.88. The molecule has 102 valence electrons. The second-order valence-corrected chi connectivity index (χ2v) is 5.33. The third kappa shape index (κ3) is 2.28. The lowest BCUT2D eigenvalue weighted by Crippen LogP contribution is -2.47. The lowest BCUT2D eigenvalue weighted by molar-refractivity contribution is 0.520. The molecule has 5 nitrogen and oxygen atoms in total. The molecular formula is C13H11ClN4OS. The van der Waals surface area contributed by atoms with Crippen molar-refractivity contribution >= 4 is 34.9 Å². The van der Waals surface area contributed by atoms with E-state index in [1.54, 1.807) is 19.1 Å². The molecule has 0 fully saturated rings. The van der Waals surface area contributed by atoms with Gasteiger partial charge in [-0.3, -0.25) is 9.36 Å². The first kappa shape index (κ1) is 13.1. The first-order valence-corrected chi connectivity index (χ1v) is 6.76. The van der Waals surface area contributed by atoms with Crippen LogP contribution >= 0.6 is 23.8 Å². The van der Waals surface area contributed by atoms with Gasteiger partial charge >= 0.3 is 0 Å². The second-order valence-electron chi connectivity index (χ2n) is 4.48. The van der Waals surface area contributed by atoms with Crippen LogP contribution in [-0.4, -0.2) is 14.7 Å². The van der Waals surface area contributed by atoms with Crippen LogP contribution in [0.25, 0.3) is 0 Å². The van der Waals surface area contributed by atoms with E-state index in [9.17, 15) is 4.79 Å². The van der Waals surface area contributed by atoms with Gasteiger partial charge in [-0.15, -0.1) is 0 Å². The number of hydrogen-bond acceptors (Lipinski definition) is 3. The Morgan fingerprint density at radius 3 is 2.75 bits per heavy atom. The zero-order valence-corrected chi connectivity index (χ0v) is 12.1. The molecule has 20 heavy (non-hydrogen) atoms. The Morgan fingerprint density at radius 1 is 1.35 bits per heavy atom. The van der Waals surface area contributed by atoms with Gasteiger partial charge in [0.25, 0.3) is 5.56 Å². The number of aryl methyl sites for hydroxylation is 1. The van der Waals surface area contributed by atoms with E-state index < -0.39 is 6.17 Å². The zero-order valence-electron chi connectivity index (χ0n) is 10.6. The standard InChI is InChI=1S/C13H11ClN4OS/c1-7-6-10(19)18-11(8-2-4-9(14)5-3-8)16-13(20)17-12(18)15-7/h2-6,11H,1H3,(H2,15,16,17,20). The molecule has 1 aromatic carbocycles. The maximum Gasteiger partial charge on any atom is 0.257 e. The molecule has 3 rings (SSSR count). The minimum Gasteiger partial charge on any atom is -0.338 e. The minimum atomic E-state index is -0.392. The van der Waals surface area contributed by atoms with Crippen molar-refractivity contribution in [1.82, 2.24) is 14.9 Å². The number of fused-ring (bicyclic) bond motifs is 1. The quantitative estimate of drug-likeness (QED) is 0.790. The Morgan fingerprint density at radius 2 is 2.05 bits per heavy atom. The Balaban J connectivity index is 2.17. The molecule has 1 unspecified atom stereocenters. The van der Waals surface area contributed by atoms with Crippen molar-refractivity contribution in [2.75, 3.05) is 5.32 Å². The predicted octanol–water partition coefficient (Wildman–Crippen LogP) is 2.05. The molecular weight excluding hydrogens is 296 g/mol. The summed E-state index contributed by atoms with van der Waals surface area (Å²) in [6.07, 6.45) is -0.392. The molecule has 0 aliphatic carbocycles. The molecule has 0 spiro atoms. The van der Waals surface area contributed by atoms with Crippen LogP contribution < -0.4 is 16.2 Å². The summed E-state index contributed by atoms with van der Waals surface area (Å²) in [5.41, 5.74) is 1.38. The Kier molecular flexibility index (Phi) is 3.19. The van der Waals surface area contributed by atoms with E-state index in [0.29, 0.717) is 21.8 Å². The number of aromatic nitrogens is 2. The molecule has 7 heteroatoms. The number of thiocarbonyl (C=S) groups is 1. The lowest BCUT2D eigenvalue weighted by atomic mass is 10.1. The van der Waals surface area contributed by atoms with Gasteiger partial charge in [0, 0.05) is 16.8 Å². The van der Waals surface area contributed by atoms with E-state index in [0.717, 1.165) is 5.56 Å². The monoisotopic (exact) mass is 306 g/mol. The van der Waals surface area contributed by atoms with E-state index in [-0.39, 0.29) is 5.56 Å². The van der Waals surface area contributed by atoms with Crippen molar-refractivity contribution in [3.8, 4) is 0 Å². The van der Waals surface area contributed by atoms with E-state index >= 15 is 0 Å². The first-order valence-electron chi connectivity index (χ1n) is 5.98. The van der Waals surface area contributed by atoms with Crippen LogP contribution in [0, 0.1) is 6.92 Å². The average molecular weight is 307 g/mol. The van der Waals surface area contributed by atoms with Gasteiger partial charge in [0.15, 0.2) is 5.11 Å². The first-order chi connectivity index (χ1) is 9.54. The molecule has 2 heterocycles. The summed E-state index contributed by atoms with van der Waals surface area (Å²) in [6, 6.07) is 8.74. The van der Waals surface area contributed by atoms with E-state index in [2.05, 4.69) is 15.6 Å². The van der Waals surface area contributed by atoms with Gasteiger partial charge in [-0.2, -0.15) is 0 Å². The summed E-state index contributed by atoms with van der Waals surface area (Å²) in [4.78, 5) is 16.5. The molecule has 0 amide bonds. The highest BCUT2D eigenvalue weighted by Crippen LogP contribution is 2.22. The van der Waals surface area contributed by atoms with Gasteiger partial charge in [-0.1, -0.05) is 23.7 Å². The van der Waals surface area contributed by atoms with Gasteiger partial charge < -0.3 is 10.6 Å². The number of anilines is 1. The van der Waals surface area contributed by atoms with Gasteiger partial charge in [-0.25, -0.2) is 4.98 Å². The fourth-order valence-corrected chi connectivity index (χ4v) is 2.48. The Labute approximate surface area is 125 Å². The topological polar surface area (TPSA) is 59.0 Å². The molecule has 1 aliphatic rings. The smallest absolute Gasteiger partial charge is 0.257 e. The summed E-state index contributed by atoms with van der Waals surface area (Å²) in [5, 5.41) is 7.04. The molecule has 1 aliphatic heterocycles. The molecule has 2 aromatic rings. The van der Waals surface area contributed by atoms with Crippen LogP contribution in [0.1, 0.15) is 17.4 Å². The molecule has 0 saturated heterocycles. The lowest BCUT2D eigenvalue weighted by Gasteiger charge is -2.30. The summed E-state index contributed by atoms with van der Waals surface area (Å²) in [6.45, 7) is 1.77. The summed E-state index contributed by atoms with van der Waals surface area (Å²) in [7, 11) is 0. The normalized spacial score (nSPS) is 17.1. The third-order valence-electron chi connectivity index (χ3n) is 3.02. The van der Waals surface area contributed by atoms with E-state index in [1.807, 2.05) is 12.1 Å². The van der Waals surface area contributed by atoms with E-state index in [4.69, 9.17) is 23.8 Å². The summed E-state index contributed by atoms with van der Waals surface area (Å²) in [5.74, 6) is 0.443. The molecule has 0 radical (unpaired) electrons. The summed E-state index contributed by atoms with van der Waals surface area (Å²) < 4.78 is 1.53. The van der Waals surface area contributed by atoms with Crippen LogP contribution in [-0.2, 0) is 0 Å². The number of halogens is 1. The van der Waals surface area contributed by atoms with Crippen LogP contribution in [0.15, 0.2) is 35.1 Å². The van der Waals surface area contributed by atoms with Crippen molar-refractivity contribution in [2.45, 2.75) is 13.1 Å². The maximum atomic E-state index is 12.2. The Bertz CT molecular complexity index is 741. The largest absolute Gasteiger partial charge is 0.338 e. The fraction of sp³-hybridized carbons (Fsp3) is 0.154. The van der Waals surface area contributed by atoms with Crippen molar-refractivity contribution in [3.05, 3.63) is 57.0 Å². The van der Waals surface area contributed by atoms with Gasteiger partial charge in [0.1, 0.15) is 6.17 Å². The fourth-order valence-electron chi connectivity index (χ4n) is 2.15. The van der Waals surface area contributed by atoms with Crippen LogP contribution in [0.2, 0.25) is 5.02 Å². The maximum absolute atomic E-state index is 12.2. The SMILES string of the molecule is Cc1cc(=O)n2c(n1)NC(=S)NC2c1ccc(Cl)cc1. The van der Waals surface area contributed by atoms with Gasteiger partial charge in [0.2, 0.25) is 5.95 Å². The minimum absolute atomic E-state index is 0.144. The van der Waals surface area contributed by atoms with Crippen LogP contribution in [0.5, 0.6) is 0 Å². The molecule has 0 saturated carbocycles. The van der Waals surface area contributed by atoms with Crippen molar-refractivity contribution < 1.29 is 0 Å². The predicted molar refractivity (Wildman–Crippen MR) is 82.2 cm³/mol. The highest BCUT2D eigenvalue weighted by atomic mass is 35.5. The van der Waals surface area contributed by atoms with E-state index in [1.165, 1.54) is 10.6 Å². The number of rotatable bonds is 1. The number of nitrogens with one attached hydrogen (secondary N) is 2. The van der Waals surface area contributed by atoms with Crippen molar-refractivity contribution in [3.63, 3.8) is 0 Å². The van der Waals surface area contributed by atoms with Crippen molar-refractivity contribution in [2.24, 2.45) is 0 Å². The number of nitrogens with zero attached hydrogens (tertiary/aromatic N) is 2. The molecule has 2 N–H and O–H groups in total. The zero-order chi connectivity index (χ0) is 14.3. The summed E-state index contributed by atoms with van der Waals surface area (Å²) >= 11 is 11.1. The highest BCUT2D eigenvalue weighted by Gasteiger charge is 2.25. The molecule has 1 atom stereocenters. The van der Waals surface area contributed by atoms with Crippen LogP contribution in [0.3, 0.4) is 0 Å². The number of benzene rings is 1. The molecule has 0 bridgehead atoms. The van der Waals surface area contributed by atoms with Crippen molar-refractivity contribution in [1.29, 1.82) is 0 Å². The average Bonchev–Trinajstić information content (AvgIpc) is 2.37. The van der Waals surface area contributed by atoms with Gasteiger partial charge in [-0.05, 0) is 36.8 Å². The third-order valence-corrected chi connectivity index (χ3v) is 3.49. The number of hydrogen-bond donors (Lipinski definition) is 2. The molecule has 1 aromatic heterocycles. The van der Waals surface area contributed by atoms with Crippen LogP contribution in [0.4, 0.5) is 5.95 Å². The van der Waals surface area contributed by atoms with Gasteiger partial charge in [0.05, 0.1) is 0 Å².